The average molecular weight is 329 g/mol. The van der Waals surface area contributed by atoms with Crippen molar-refractivity contribution < 1.29 is 33.3 Å². The van der Waals surface area contributed by atoms with Gasteiger partial charge in [0.2, 0.25) is 0 Å². The van der Waals surface area contributed by atoms with Crippen molar-refractivity contribution in [1.29, 1.82) is 0 Å². The van der Waals surface area contributed by atoms with Gasteiger partial charge in [0.1, 0.15) is 11.4 Å². The SMILES string of the molecule is CC(C)(C)OC(=O)Nc1ccc(O)cc1C1(C(=O)O)CC1(F)F. The predicted molar refractivity (Wildman–Crippen MR) is 76.8 cm³/mol. The molecule has 1 fully saturated rings. The van der Waals surface area contributed by atoms with Crippen molar-refractivity contribution in [3.05, 3.63) is 23.8 Å². The molecule has 1 atom stereocenters. The first-order chi connectivity index (χ1) is 10.4. The Morgan fingerprint density at radius 2 is 1.87 bits per heavy atom. The number of phenols is 1. The largest absolute Gasteiger partial charge is 0.508 e. The van der Waals surface area contributed by atoms with E-state index in [-0.39, 0.29) is 17.0 Å². The van der Waals surface area contributed by atoms with E-state index in [1.54, 1.807) is 20.8 Å². The number of hydrogen-bond acceptors (Lipinski definition) is 4. The Morgan fingerprint density at radius 3 is 2.30 bits per heavy atom. The second-order valence-corrected chi connectivity index (χ2v) is 6.45. The molecule has 1 aromatic rings. The van der Waals surface area contributed by atoms with Crippen molar-refractivity contribution in [2.24, 2.45) is 0 Å². The summed E-state index contributed by atoms with van der Waals surface area (Å²) in [6.45, 7) is 4.87. The Kier molecular flexibility index (Phi) is 3.75. The molecular formula is C15H17F2NO5. The molecule has 0 spiro atoms. The van der Waals surface area contributed by atoms with E-state index in [1.165, 1.54) is 0 Å². The van der Waals surface area contributed by atoms with E-state index >= 15 is 0 Å². The number of carboxylic acids is 1. The number of carboxylic acid groups (broad SMARTS) is 1. The van der Waals surface area contributed by atoms with Crippen LogP contribution in [-0.2, 0) is 14.9 Å². The molecule has 3 N–H and O–H groups in total. The van der Waals surface area contributed by atoms with Gasteiger partial charge in [-0.2, -0.15) is 0 Å². The van der Waals surface area contributed by atoms with Gasteiger partial charge in [-0.25, -0.2) is 13.6 Å². The number of aliphatic carboxylic acids is 1. The van der Waals surface area contributed by atoms with E-state index < -0.39 is 35.4 Å². The van der Waals surface area contributed by atoms with Gasteiger partial charge in [-0.1, -0.05) is 0 Å². The van der Waals surface area contributed by atoms with Gasteiger partial charge in [0.15, 0.2) is 5.41 Å². The average Bonchev–Trinajstić information content (AvgIpc) is 2.94. The van der Waals surface area contributed by atoms with Gasteiger partial charge in [-0.05, 0) is 39.0 Å². The maximum Gasteiger partial charge on any atom is 0.412 e. The number of ether oxygens (including phenoxy) is 1. The summed E-state index contributed by atoms with van der Waals surface area (Å²) in [5.41, 5.74) is -3.77. The fourth-order valence-electron chi connectivity index (χ4n) is 2.34. The van der Waals surface area contributed by atoms with E-state index in [2.05, 4.69) is 5.32 Å². The number of anilines is 1. The molecule has 1 aliphatic carbocycles. The zero-order valence-corrected chi connectivity index (χ0v) is 12.8. The molecule has 1 amide bonds. The minimum Gasteiger partial charge on any atom is -0.508 e. The Morgan fingerprint density at radius 1 is 1.30 bits per heavy atom. The van der Waals surface area contributed by atoms with E-state index in [4.69, 9.17) is 4.74 Å². The van der Waals surface area contributed by atoms with Gasteiger partial charge < -0.3 is 14.9 Å². The summed E-state index contributed by atoms with van der Waals surface area (Å²) in [5.74, 6) is -5.56. The Bertz CT molecular complexity index is 668. The Hall–Kier alpha value is -2.38. The molecule has 0 heterocycles. The van der Waals surface area contributed by atoms with Crippen molar-refractivity contribution in [2.45, 2.75) is 44.1 Å². The number of halogens is 2. The summed E-state index contributed by atoms with van der Waals surface area (Å²) in [5, 5.41) is 21.0. The molecule has 0 aliphatic heterocycles. The number of carbonyl (C=O) groups excluding carboxylic acids is 1. The van der Waals surface area contributed by atoms with Crippen LogP contribution in [0.25, 0.3) is 0 Å². The lowest BCUT2D eigenvalue weighted by molar-refractivity contribution is -0.142. The summed E-state index contributed by atoms with van der Waals surface area (Å²) >= 11 is 0. The molecule has 0 bridgehead atoms. The summed E-state index contributed by atoms with van der Waals surface area (Å²) in [7, 11) is 0. The number of aromatic hydroxyl groups is 1. The van der Waals surface area contributed by atoms with Crippen molar-refractivity contribution in [3.8, 4) is 5.75 Å². The van der Waals surface area contributed by atoms with Crippen molar-refractivity contribution in [3.63, 3.8) is 0 Å². The number of amides is 1. The summed E-state index contributed by atoms with van der Waals surface area (Å²) in [6, 6.07) is 3.24. The van der Waals surface area contributed by atoms with Crippen LogP contribution in [0, 0.1) is 0 Å². The minimum atomic E-state index is -3.46. The van der Waals surface area contributed by atoms with Crippen LogP contribution >= 0.6 is 0 Å². The van der Waals surface area contributed by atoms with Crippen LogP contribution < -0.4 is 5.32 Å². The summed E-state index contributed by atoms with van der Waals surface area (Å²) < 4.78 is 32.4. The molecule has 2 rings (SSSR count). The molecule has 0 aromatic heterocycles. The first kappa shape index (κ1) is 17.0. The highest BCUT2D eigenvalue weighted by Gasteiger charge is 2.78. The van der Waals surface area contributed by atoms with Crippen LogP contribution in [0.4, 0.5) is 19.3 Å². The standard InChI is InChI=1S/C15H17F2NO5/c1-13(2,3)23-12(22)18-10-5-4-8(19)6-9(10)14(11(20)21)7-15(14,16)17/h4-6,19H,7H2,1-3H3,(H,18,22)(H,20,21). The number of carbonyl (C=O) groups is 2. The van der Waals surface area contributed by atoms with Crippen molar-refractivity contribution in [1.82, 2.24) is 0 Å². The van der Waals surface area contributed by atoms with Gasteiger partial charge in [0, 0.05) is 17.7 Å². The highest BCUT2D eigenvalue weighted by atomic mass is 19.3. The highest BCUT2D eigenvalue weighted by Crippen LogP contribution is 2.63. The van der Waals surface area contributed by atoms with Crippen LogP contribution in [0.1, 0.15) is 32.8 Å². The lowest BCUT2D eigenvalue weighted by atomic mass is 9.93. The van der Waals surface area contributed by atoms with Crippen LogP contribution in [-0.4, -0.2) is 33.8 Å². The Balaban J connectivity index is 2.40. The summed E-state index contributed by atoms with van der Waals surface area (Å²) in [4.78, 5) is 23.2. The smallest absolute Gasteiger partial charge is 0.412 e. The van der Waals surface area contributed by atoms with Crippen LogP contribution in [0.2, 0.25) is 0 Å². The molecule has 1 aliphatic rings. The second-order valence-electron chi connectivity index (χ2n) is 6.45. The second kappa shape index (κ2) is 5.07. The lowest BCUT2D eigenvalue weighted by Crippen LogP contribution is -2.31. The number of benzene rings is 1. The zero-order valence-electron chi connectivity index (χ0n) is 12.8. The van der Waals surface area contributed by atoms with Crippen LogP contribution in [0.5, 0.6) is 5.75 Å². The first-order valence-electron chi connectivity index (χ1n) is 6.84. The van der Waals surface area contributed by atoms with Gasteiger partial charge in [-0.3, -0.25) is 10.1 Å². The van der Waals surface area contributed by atoms with Crippen molar-refractivity contribution in [2.75, 3.05) is 5.32 Å². The van der Waals surface area contributed by atoms with Crippen LogP contribution in [0.15, 0.2) is 18.2 Å². The van der Waals surface area contributed by atoms with Crippen molar-refractivity contribution >= 4 is 17.7 Å². The lowest BCUT2D eigenvalue weighted by Gasteiger charge is -2.22. The molecule has 23 heavy (non-hydrogen) atoms. The van der Waals surface area contributed by atoms with E-state index in [0.29, 0.717) is 0 Å². The molecule has 126 valence electrons. The maximum atomic E-state index is 13.7. The maximum absolute atomic E-state index is 13.7. The van der Waals surface area contributed by atoms with E-state index in [9.17, 15) is 28.6 Å². The Labute approximate surface area is 131 Å². The van der Waals surface area contributed by atoms with Gasteiger partial charge in [-0.15, -0.1) is 0 Å². The number of hydrogen-bond donors (Lipinski definition) is 3. The highest BCUT2D eigenvalue weighted by molar-refractivity contribution is 5.94. The molecule has 1 aromatic carbocycles. The third-order valence-electron chi connectivity index (χ3n) is 3.45. The third-order valence-corrected chi connectivity index (χ3v) is 3.45. The number of phenolic OH excluding ortho intramolecular Hbond substituents is 1. The third kappa shape index (κ3) is 3.06. The molecule has 1 saturated carbocycles. The number of alkyl halides is 2. The first-order valence-corrected chi connectivity index (χ1v) is 6.84. The summed E-state index contributed by atoms with van der Waals surface area (Å²) in [6.07, 6.45) is -1.81. The zero-order chi connectivity index (χ0) is 17.6. The minimum absolute atomic E-state index is 0.142. The molecule has 0 radical (unpaired) electrons. The topological polar surface area (TPSA) is 95.9 Å². The van der Waals surface area contributed by atoms with Gasteiger partial charge >= 0.3 is 12.1 Å². The van der Waals surface area contributed by atoms with E-state index in [1.807, 2.05) is 0 Å². The molecule has 0 saturated heterocycles. The molecule has 6 nitrogen and oxygen atoms in total. The predicted octanol–water partition coefficient (Wildman–Crippen LogP) is 3.10. The molecular weight excluding hydrogens is 312 g/mol. The van der Waals surface area contributed by atoms with E-state index in [0.717, 1.165) is 18.2 Å². The molecule has 1 unspecified atom stereocenters. The quantitative estimate of drug-likeness (QED) is 0.741. The number of rotatable bonds is 3. The number of nitrogens with one attached hydrogen (secondary N) is 1. The monoisotopic (exact) mass is 329 g/mol. The molecule has 8 heteroatoms. The normalized spacial score (nSPS) is 22.3. The fraction of sp³-hybridized carbons (Fsp3) is 0.467. The van der Waals surface area contributed by atoms with Crippen LogP contribution in [0.3, 0.4) is 0 Å². The fourth-order valence-corrected chi connectivity index (χ4v) is 2.34. The van der Waals surface area contributed by atoms with Gasteiger partial charge in [0.05, 0.1) is 0 Å². The van der Waals surface area contributed by atoms with Gasteiger partial charge in [0.25, 0.3) is 5.92 Å².